The number of hydrogen-bond donors (Lipinski definition) is 3. The number of nitrogens with zero attached hydrogens (tertiary/aromatic N) is 1. The first-order chi connectivity index (χ1) is 14.1. The van der Waals surface area contributed by atoms with Crippen molar-refractivity contribution < 1.29 is 29.3 Å². The van der Waals surface area contributed by atoms with E-state index in [0.717, 1.165) is 36.1 Å². The van der Waals surface area contributed by atoms with Gasteiger partial charge < -0.3 is 25.2 Å². The highest BCUT2D eigenvalue weighted by Crippen LogP contribution is 2.23. The summed E-state index contributed by atoms with van der Waals surface area (Å²) in [5.41, 5.74) is 2.92. The van der Waals surface area contributed by atoms with Gasteiger partial charge in [0.1, 0.15) is 5.75 Å². The first kappa shape index (κ1) is 24.5. The van der Waals surface area contributed by atoms with Crippen LogP contribution in [0.2, 0.25) is 0 Å². The third kappa shape index (κ3) is 7.12. The third-order valence-corrected chi connectivity index (χ3v) is 4.30. The predicted molar refractivity (Wildman–Crippen MR) is 116 cm³/mol. The standard InChI is InChI=1S/C13H20N2O.C9H8O5/c1-5-15(6-2)12-8-7-10(3)13(9-12)14-11(4)16;1-14-7-3-5(8(10)11)2-6(4-7)9(12)13/h7-9H,5-6H2,1-4H3,(H,14,16);2-4H,1H3,(H,10,11)(H,12,13). The van der Waals surface area contributed by atoms with E-state index >= 15 is 0 Å². The minimum Gasteiger partial charge on any atom is -0.497 e. The van der Waals surface area contributed by atoms with Crippen LogP contribution in [0.15, 0.2) is 36.4 Å². The largest absolute Gasteiger partial charge is 0.497 e. The predicted octanol–water partition coefficient (Wildman–Crippen LogP) is 3.89. The summed E-state index contributed by atoms with van der Waals surface area (Å²) in [6.45, 7) is 9.72. The molecule has 0 saturated heterocycles. The van der Waals surface area contributed by atoms with E-state index in [1.165, 1.54) is 26.2 Å². The Morgan fingerprint density at radius 3 is 1.90 bits per heavy atom. The van der Waals surface area contributed by atoms with Crippen LogP contribution in [0.3, 0.4) is 0 Å². The molecule has 0 radical (unpaired) electrons. The zero-order valence-electron chi connectivity index (χ0n) is 17.9. The van der Waals surface area contributed by atoms with Crippen LogP contribution in [-0.2, 0) is 4.79 Å². The number of ether oxygens (including phenoxy) is 1. The van der Waals surface area contributed by atoms with Crippen molar-refractivity contribution in [1.82, 2.24) is 0 Å². The molecule has 0 heterocycles. The van der Waals surface area contributed by atoms with Gasteiger partial charge in [-0.25, -0.2) is 9.59 Å². The Hall–Kier alpha value is -3.55. The number of methoxy groups -OCH3 is 1. The molecular weight excluding hydrogens is 388 g/mol. The number of amides is 1. The van der Waals surface area contributed by atoms with Crippen molar-refractivity contribution in [1.29, 1.82) is 0 Å². The number of aryl methyl sites for hydroxylation is 1. The van der Waals surface area contributed by atoms with Gasteiger partial charge >= 0.3 is 11.9 Å². The Labute approximate surface area is 176 Å². The lowest BCUT2D eigenvalue weighted by Crippen LogP contribution is -2.22. The van der Waals surface area contributed by atoms with Crippen molar-refractivity contribution in [3.63, 3.8) is 0 Å². The molecule has 0 saturated carbocycles. The summed E-state index contributed by atoms with van der Waals surface area (Å²) in [6, 6.07) is 9.76. The van der Waals surface area contributed by atoms with Crippen LogP contribution in [0.4, 0.5) is 11.4 Å². The van der Waals surface area contributed by atoms with Crippen molar-refractivity contribution >= 4 is 29.2 Å². The van der Waals surface area contributed by atoms with Gasteiger partial charge in [-0.2, -0.15) is 0 Å². The summed E-state index contributed by atoms with van der Waals surface area (Å²) in [6.07, 6.45) is 0. The number of carbonyl (C=O) groups is 3. The van der Waals surface area contributed by atoms with Crippen molar-refractivity contribution in [3.05, 3.63) is 53.1 Å². The molecule has 3 N–H and O–H groups in total. The van der Waals surface area contributed by atoms with Crippen molar-refractivity contribution in [3.8, 4) is 5.75 Å². The van der Waals surface area contributed by atoms with Crippen LogP contribution < -0.4 is 15.0 Å². The molecule has 1 amide bonds. The van der Waals surface area contributed by atoms with Crippen LogP contribution in [0.1, 0.15) is 47.1 Å². The number of nitrogens with one attached hydrogen (secondary N) is 1. The molecule has 0 aliphatic rings. The Morgan fingerprint density at radius 1 is 0.967 bits per heavy atom. The van der Waals surface area contributed by atoms with Crippen LogP contribution in [0.5, 0.6) is 5.75 Å². The fraction of sp³-hybridized carbons (Fsp3) is 0.318. The number of carboxylic acids is 2. The first-order valence-corrected chi connectivity index (χ1v) is 9.41. The summed E-state index contributed by atoms with van der Waals surface area (Å²) in [5.74, 6) is -2.19. The van der Waals surface area contributed by atoms with E-state index in [-0.39, 0.29) is 22.8 Å². The fourth-order valence-corrected chi connectivity index (χ4v) is 2.68. The lowest BCUT2D eigenvalue weighted by Gasteiger charge is -2.22. The highest BCUT2D eigenvalue weighted by atomic mass is 16.5. The molecule has 2 aromatic rings. The van der Waals surface area contributed by atoms with E-state index in [1.54, 1.807) is 0 Å². The van der Waals surface area contributed by atoms with Gasteiger partial charge in [0, 0.05) is 31.4 Å². The van der Waals surface area contributed by atoms with Gasteiger partial charge in [-0.3, -0.25) is 4.79 Å². The van der Waals surface area contributed by atoms with Crippen LogP contribution in [-0.4, -0.2) is 48.3 Å². The summed E-state index contributed by atoms with van der Waals surface area (Å²) < 4.78 is 4.77. The molecule has 2 aromatic carbocycles. The molecule has 0 fully saturated rings. The van der Waals surface area contributed by atoms with Gasteiger partial charge in [0.05, 0.1) is 18.2 Å². The van der Waals surface area contributed by atoms with Crippen molar-refractivity contribution in [2.75, 3.05) is 30.4 Å². The summed E-state index contributed by atoms with van der Waals surface area (Å²) in [7, 11) is 1.34. The maximum atomic E-state index is 11.1. The zero-order valence-corrected chi connectivity index (χ0v) is 17.9. The van der Waals surface area contributed by atoms with Gasteiger partial charge in [0.15, 0.2) is 0 Å². The second-order valence-corrected chi connectivity index (χ2v) is 6.41. The average Bonchev–Trinajstić information content (AvgIpc) is 2.70. The molecule has 0 bridgehead atoms. The lowest BCUT2D eigenvalue weighted by molar-refractivity contribution is -0.114. The van der Waals surface area contributed by atoms with Gasteiger partial charge in [-0.1, -0.05) is 6.07 Å². The Morgan fingerprint density at radius 2 is 1.50 bits per heavy atom. The Balaban J connectivity index is 0.000000303. The van der Waals surface area contributed by atoms with E-state index < -0.39 is 11.9 Å². The Bertz CT molecular complexity index is 874. The molecule has 8 nitrogen and oxygen atoms in total. The van der Waals surface area contributed by atoms with Crippen molar-refractivity contribution in [2.45, 2.75) is 27.7 Å². The van der Waals surface area contributed by atoms with Crippen molar-refractivity contribution in [2.24, 2.45) is 0 Å². The molecule has 0 aliphatic heterocycles. The number of anilines is 2. The number of aromatic carboxylic acids is 2. The molecule has 0 aliphatic carbocycles. The SMILES string of the molecule is CCN(CC)c1ccc(C)c(NC(C)=O)c1.COc1cc(C(=O)O)cc(C(=O)O)c1. The van der Waals surface area contributed by atoms with E-state index in [4.69, 9.17) is 14.9 Å². The fourth-order valence-electron chi connectivity index (χ4n) is 2.68. The number of rotatable bonds is 7. The van der Waals surface area contributed by atoms with E-state index in [2.05, 4.69) is 30.1 Å². The Kier molecular flexibility index (Phi) is 9.35. The molecule has 0 atom stereocenters. The average molecular weight is 416 g/mol. The second-order valence-electron chi connectivity index (χ2n) is 6.41. The highest BCUT2D eigenvalue weighted by molar-refractivity contribution is 5.94. The number of carbonyl (C=O) groups excluding carboxylic acids is 1. The van der Waals surface area contributed by atoms with E-state index in [9.17, 15) is 14.4 Å². The molecule has 8 heteroatoms. The maximum Gasteiger partial charge on any atom is 0.335 e. The molecular formula is C22H28N2O6. The quantitative estimate of drug-likeness (QED) is 0.627. The molecule has 162 valence electrons. The monoisotopic (exact) mass is 416 g/mol. The zero-order chi connectivity index (χ0) is 22.8. The number of carboxylic acid groups (broad SMARTS) is 2. The van der Waals surface area contributed by atoms with E-state index in [0.29, 0.717) is 0 Å². The molecule has 0 spiro atoms. The lowest BCUT2D eigenvalue weighted by atomic mass is 10.1. The minimum atomic E-state index is -1.19. The number of hydrogen-bond acceptors (Lipinski definition) is 5. The molecule has 2 rings (SSSR count). The first-order valence-electron chi connectivity index (χ1n) is 9.41. The number of benzene rings is 2. The smallest absolute Gasteiger partial charge is 0.335 e. The topological polar surface area (TPSA) is 116 Å². The van der Waals surface area contributed by atoms with Gasteiger partial charge in [-0.05, 0) is 56.7 Å². The second kappa shape index (κ2) is 11.5. The normalized spacial score (nSPS) is 9.77. The van der Waals surface area contributed by atoms with Crippen LogP contribution in [0, 0.1) is 6.92 Å². The summed E-state index contributed by atoms with van der Waals surface area (Å²) >= 11 is 0. The van der Waals surface area contributed by atoms with E-state index in [1.807, 2.05) is 19.1 Å². The van der Waals surface area contributed by atoms with Crippen LogP contribution in [0.25, 0.3) is 0 Å². The highest BCUT2D eigenvalue weighted by Gasteiger charge is 2.11. The summed E-state index contributed by atoms with van der Waals surface area (Å²) in [4.78, 5) is 34.5. The van der Waals surface area contributed by atoms with Gasteiger partial charge in [0.25, 0.3) is 0 Å². The molecule has 30 heavy (non-hydrogen) atoms. The molecule has 0 unspecified atom stereocenters. The summed E-state index contributed by atoms with van der Waals surface area (Å²) in [5, 5.41) is 20.2. The van der Waals surface area contributed by atoms with Crippen LogP contribution >= 0.6 is 0 Å². The minimum absolute atomic E-state index is 0.0280. The third-order valence-electron chi connectivity index (χ3n) is 4.30. The van der Waals surface area contributed by atoms with Gasteiger partial charge in [-0.15, -0.1) is 0 Å². The van der Waals surface area contributed by atoms with Gasteiger partial charge in [0.2, 0.25) is 5.91 Å². The molecule has 0 aromatic heterocycles. The maximum absolute atomic E-state index is 11.1.